The van der Waals surface area contributed by atoms with Crippen LogP contribution < -0.4 is 14.8 Å². The molecule has 0 radical (unpaired) electrons. The molecule has 1 saturated carbocycles. The number of hydrogen-bond donors (Lipinski definition) is 3. The molecule has 1 heterocycles. The number of benzene rings is 1. The highest BCUT2D eigenvalue weighted by atomic mass is 19.4. The van der Waals surface area contributed by atoms with Crippen molar-refractivity contribution in [3.05, 3.63) is 53.7 Å². The summed E-state index contributed by atoms with van der Waals surface area (Å²) in [4.78, 5) is 16.2. The Morgan fingerprint density at radius 1 is 1.23 bits per heavy atom. The molecule has 168 valence electrons. The number of rotatable bonds is 7. The van der Waals surface area contributed by atoms with Crippen LogP contribution in [0, 0.1) is 5.41 Å². The molecule has 7 nitrogen and oxygen atoms in total. The van der Waals surface area contributed by atoms with E-state index in [0.29, 0.717) is 17.5 Å². The van der Waals surface area contributed by atoms with Crippen LogP contribution in [0.3, 0.4) is 0 Å². The first kappa shape index (κ1) is 22.8. The molecule has 1 unspecified atom stereocenters. The molecule has 31 heavy (non-hydrogen) atoms. The number of aliphatic hydroxyl groups is 2. The Morgan fingerprint density at radius 2 is 1.94 bits per heavy atom. The van der Waals surface area contributed by atoms with Gasteiger partial charge in [-0.15, -0.1) is 0 Å². The van der Waals surface area contributed by atoms with Crippen molar-refractivity contribution in [2.24, 2.45) is 5.41 Å². The van der Waals surface area contributed by atoms with Gasteiger partial charge in [0.25, 0.3) is 5.91 Å². The average Bonchev–Trinajstić information content (AvgIpc) is 3.04. The normalized spacial score (nSPS) is 23.4. The highest BCUT2D eigenvalue weighted by Crippen LogP contribution is 2.39. The van der Waals surface area contributed by atoms with Crippen molar-refractivity contribution in [1.82, 2.24) is 10.3 Å². The molecule has 0 aliphatic heterocycles. The van der Waals surface area contributed by atoms with Crippen molar-refractivity contribution >= 4 is 5.91 Å². The number of halogens is 3. The van der Waals surface area contributed by atoms with Crippen LogP contribution in [0.2, 0.25) is 0 Å². The summed E-state index contributed by atoms with van der Waals surface area (Å²) in [6, 6.07) is 8.53. The number of hydrogen-bond acceptors (Lipinski definition) is 6. The maximum absolute atomic E-state index is 12.7. The topological polar surface area (TPSA) is 101 Å². The number of carbonyl (C=O) groups is 1. The molecule has 0 spiro atoms. The number of carbonyl (C=O) groups excluding carboxylic acids is 1. The number of nitrogens with one attached hydrogen (secondary N) is 1. The van der Waals surface area contributed by atoms with E-state index < -0.39 is 29.4 Å². The maximum atomic E-state index is 12.7. The zero-order chi connectivity index (χ0) is 22.6. The maximum Gasteiger partial charge on any atom is 0.417 e. The molecule has 10 heteroatoms. The van der Waals surface area contributed by atoms with Crippen molar-refractivity contribution in [3.63, 3.8) is 0 Å². The Bertz CT molecular complexity index is 895. The van der Waals surface area contributed by atoms with Crippen LogP contribution in [0.4, 0.5) is 13.2 Å². The molecule has 3 rings (SSSR count). The summed E-state index contributed by atoms with van der Waals surface area (Å²) in [7, 11) is 1.49. The minimum absolute atomic E-state index is 0.0256. The van der Waals surface area contributed by atoms with E-state index in [1.165, 1.54) is 7.11 Å². The Labute approximate surface area is 176 Å². The third-order valence-electron chi connectivity index (χ3n) is 5.27. The molecular weight excluding hydrogens is 417 g/mol. The van der Waals surface area contributed by atoms with Crippen molar-refractivity contribution < 1.29 is 37.7 Å². The van der Waals surface area contributed by atoms with Crippen LogP contribution in [-0.2, 0) is 6.18 Å². The molecule has 0 bridgehead atoms. The zero-order valence-corrected chi connectivity index (χ0v) is 16.7. The quantitative estimate of drug-likeness (QED) is 0.612. The van der Waals surface area contributed by atoms with Crippen molar-refractivity contribution in [1.29, 1.82) is 0 Å². The first-order valence-corrected chi connectivity index (χ1v) is 9.56. The number of nitrogens with zero attached hydrogens (tertiary/aromatic N) is 1. The standard InChI is InChI=1S/C21H23F3N2O5/c1-30-15-4-2-3-13(7-15)19(29)26-11-20(8-16(27)17(28)9-20)12-31-18-6-5-14(10-25-18)21(22,23)24/h2-7,10,16-17,27-28H,8-9,11-12H2,1H3,(H,26,29)/t16-,17+,20?. The molecule has 1 aromatic heterocycles. The minimum Gasteiger partial charge on any atom is -0.497 e. The summed E-state index contributed by atoms with van der Waals surface area (Å²) in [6.45, 7) is 0.0235. The first-order chi connectivity index (χ1) is 14.6. The van der Waals surface area contributed by atoms with Crippen LogP contribution in [0.15, 0.2) is 42.6 Å². The summed E-state index contributed by atoms with van der Waals surface area (Å²) >= 11 is 0. The molecule has 2 aromatic rings. The highest BCUT2D eigenvalue weighted by Gasteiger charge is 2.45. The van der Waals surface area contributed by atoms with Gasteiger partial charge in [0.15, 0.2) is 0 Å². The van der Waals surface area contributed by atoms with Crippen LogP contribution in [0.1, 0.15) is 28.8 Å². The second kappa shape index (κ2) is 9.11. The van der Waals surface area contributed by atoms with Gasteiger partial charge in [-0.1, -0.05) is 6.07 Å². The second-order valence-electron chi connectivity index (χ2n) is 7.63. The van der Waals surface area contributed by atoms with Gasteiger partial charge in [0.05, 0.1) is 31.5 Å². The Kier molecular flexibility index (Phi) is 6.71. The van der Waals surface area contributed by atoms with Crippen LogP contribution in [-0.4, -0.2) is 53.6 Å². The lowest BCUT2D eigenvalue weighted by Gasteiger charge is -2.29. The first-order valence-electron chi connectivity index (χ1n) is 9.56. The van der Waals surface area contributed by atoms with E-state index in [0.717, 1.165) is 12.1 Å². The summed E-state index contributed by atoms with van der Waals surface area (Å²) in [6.07, 6.45) is -5.54. The summed E-state index contributed by atoms with van der Waals surface area (Å²) in [5, 5.41) is 22.8. The lowest BCUT2D eigenvalue weighted by molar-refractivity contribution is -0.137. The van der Waals surface area contributed by atoms with Gasteiger partial charge in [-0.25, -0.2) is 4.98 Å². The zero-order valence-electron chi connectivity index (χ0n) is 16.7. The van der Waals surface area contributed by atoms with Gasteiger partial charge in [-0.05, 0) is 37.1 Å². The monoisotopic (exact) mass is 440 g/mol. The fourth-order valence-electron chi connectivity index (χ4n) is 3.55. The van der Waals surface area contributed by atoms with Gasteiger partial charge in [0.1, 0.15) is 5.75 Å². The van der Waals surface area contributed by atoms with Gasteiger partial charge in [-0.3, -0.25) is 4.79 Å². The van der Waals surface area contributed by atoms with E-state index >= 15 is 0 Å². The van der Waals surface area contributed by atoms with Crippen molar-refractivity contribution in [2.75, 3.05) is 20.3 Å². The smallest absolute Gasteiger partial charge is 0.417 e. The molecule has 1 aromatic carbocycles. The highest BCUT2D eigenvalue weighted by molar-refractivity contribution is 5.94. The fraction of sp³-hybridized carbons (Fsp3) is 0.429. The van der Waals surface area contributed by atoms with Crippen LogP contribution in [0.5, 0.6) is 11.6 Å². The van der Waals surface area contributed by atoms with E-state index in [9.17, 15) is 28.2 Å². The van der Waals surface area contributed by atoms with Crippen molar-refractivity contribution in [3.8, 4) is 11.6 Å². The predicted molar refractivity (Wildman–Crippen MR) is 104 cm³/mol. The lowest BCUT2D eigenvalue weighted by Crippen LogP contribution is -2.40. The largest absolute Gasteiger partial charge is 0.497 e. The number of aromatic nitrogens is 1. The lowest BCUT2D eigenvalue weighted by atomic mass is 9.86. The number of ether oxygens (including phenoxy) is 2. The molecule has 1 aliphatic rings. The number of pyridine rings is 1. The molecule has 1 aliphatic carbocycles. The summed E-state index contributed by atoms with van der Waals surface area (Å²) in [5.74, 6) is 0.120. The molecule has 3 N–H and O–H groups in total. The van der Waals surface area contributed by atoms with E-state index in [1.807, 2.05) is 0 Å². The number of alkyl halides is 3. The third-order valence-corrected chi connectivity index (χ3v) is 5.27. The molecule has 3 atom stereocenters. The van der Waals surface area contributed by atoms with Gasteiger partial charge in [0.2, 0.25) is 5.88 Å². The van der Waals surface area contributed by atoms with Crippen LogP contribution in [0.25, 0.3) is 0 Å². The Morgan fingerprint density at radius 3 is 2.52 bits per heavy atom. The van der Waals surface area contributed by atoms with Gasteiger partial charge >= 0.3 is 6.18 Å². The van der Waals surface area contributed by atoms with Gasteiger partial charge < -0.3 is 25.0 Å². The van der Waals surface area contributed by atoms with E-state index in [2.05, 4.69) is 10.3 Å². The predicted octanol–water partition coefficient (Wildman–Crippen LogP) is 2.42. The molecular formula is C21H23F3N2O5. The van der Waals surface area contributed by atoms with Gasteiger partial charge in [-0.2, -0.15) is 13.2 Å². The van der Waals surface area contributed by atoms with E-state index in [1.54, 1.807) is 24.3 Å². The summed E-state index contributed by atoms with van der Waals surface area (Å²) in [5.41, 5.74) is -1.34. The average molecular weight is 440 g/mol. The summed E-state index contributed by atoms with van der Waals surface area (Å²) < 4.78 is 48.7. The van der Waals surface area contributed by atoms with E-state index in [4.69, 9.17) is 9.47 Å². The number of methoxy groups -OCH3 is 1. The minimum atomic E-state index is -4.50. The fourth-order valence-corrected chi connectivity index (χ4v) is 3.55. The number of amides is 1. The molecule has 1 amide bonds. The Balaban J connectivity index is 1.67. The van der Waals surface area contributed by atoms with Gasteiger partial charge in [0, 0.05) is 29.8 Å². The van der Waals surface area contributed by atoms with Crippen molar-refractivity contribution in [2.45, 2.75) is 31.2 Å². The number of aliphatic hydroxyl groups excluding tert-OH is 2. The SMILES string of the molecule is COc1cccc(C(=O)NCC2(COc3ccc(C(F)(F)F)cn3)C[C@@H](O)[C@@H](O)C2)c1. The molecule has 0 saturated heterocycles. The molecule has 1 fully saturated rings. The second-order valence-corrected chi connectivity index (χ2v) is 7.63. The van der Waals surface area contributed by atoms with Crippen LogP contribution >= 0.6 is 0 Å². The Hall–Kier alpha value is -2.85. The van der Waals surface area contributed by atoms with E-state index in [-0.39, 0.29) is 37.8 Å². The third kappa shape index (κ3) is 5.65.